The molecule has 0 radical (unpaired) electrons. The molecule has 0 N–H and O–H groups in total. The summed E-state index contributed by atoms with van der Waals surface area (Å²) in [5.41, 5.74) is 1.27. The van der Waals surface area contributed by atoms with Gasteiger partial charge in [-0.25, -0.2) is 0 Å². The average Bonchev–Trinajstić information content (AvgIpc) is 2.67. The van der Waals surface area contributed by atoms with Crippen molar-refractivity contribution >= 4 is 15.9 Å². The lowest BCUT2D eigenvalue weighted by atomic mass is 10.2. The van der Waals surface area contributed by atoms with Crippen LogP contribution >= 0.6 is 15.9 Å². The van der Waals surface area contributed by atoms with Gasteiger partial charge in [-0.1, -0.05) is 15.9 Å². The summed E-state index contributed by atoms with van der Waals surface area (Å²) >= 11 is 3.48. The fraction of sp³-hybridized carbons (Fsp3) is 0.727. The van der Waals surface area contributed by atoms with E-state index in [2.05, 4.69) is 39.0 Å². The lowest BCUT2D eigenvalue weighted by Gasteiger charge is -2.37. The van der Waals surface area contributed by atoms with E-state index < -0.39 is 0 Å². The van der Waals surface area contributed by atoms with Crippen LogP contribution in [0.3, 0.4) is 0 Å². The zero-order chi connectivity index (χ0) is 11.5. The van der Waals surface area contributed by atoms with E-state index in [1.54, 1.807) is 0 Å². The predicted octanol–water partition coefficient (Wildman–Crippen LogP) is 1.40. The normalized spacial score (nSPS) is 27.2. The van der Waals surface area contributed by atoms with E-state index in [-0.39, 0.29) is 0 Å². The van der Waals surface area contributed by atoms with Crippen molar-refractivity contribution in [3.05, 3.63) is 18.0 Å². The summed E-state index contributed by atoms with van der Waals surface area (Å²) in [6.45, 7) is 4.97. The van der Waals surface area contributed by atoms with E-state index in [4.69, 9.17) is 4.74 Å². The van der Waals surface area contributed by atoms with Gasteiger partial charge in [0.1, 0.15) is 0 Å². The third-order valence-corrected chi connectivity index (χ3v) is 3.67. The minimum absolute atomic E-state index is 0.313. The minimum atomic E-state index is 0.313. The van der Waals surface area contributed by atoms with E-state index in [1.165, 1.54) is 5.56 Å². The highest BCUT2D eigenvalue weighted by atomic mass is 79.9. The number of hydrogen-bond donors (Lipinski definition) is 0. The smallest absolute Gasteiger partial charge is 0.0799 e. The highest BCUT2D eigenvalue weighted by molar-refractivity contribution is 9.09. The summed E-state index contributed by atoms with van der Waals surface area (Å²) in [6, 6.07) is 0.482. The van der Waals surface area contributed by atoms with Crippen LogP contribution in [0.2, 0.25) is 0 Å². The number of aryl methyl sites for hydroxylation is 1. The van der Waals surface area contributed by atoms with Crippen molar-refractivity contribution < 1.29 is 4.74 Å². The maximum atomic E-state index is 5.70. The number of hydrogen-bond acceptors (Lipinski definition) is 3. The van der Waals surface area contributed by atoms with Crippen molar-refractivity contribution in [1.82, 2.24) is 14.7 Å². The molecule has 90 valence electrons. The Balaban J connectivity index is 1.96. The lowest BCUT2D eigenvalue weighted by molar-refractivity contribution is -0.0499. The van der Waals surface area contributed by atoms with Crippen LogP contribution in [0.1, 0.15) is 12.5 Å². The van der Waals surface area contributed by atoms with Gasteiger partial charge in [-0.2, -0.15) is 5.10 Å². The molecule has 16 heavy (non-hydrogen) atoms. The zero-order valence-corrected chi connectivity index (χ0v) is 11.4. The average molecular weight is 288 g/mol. The predicted molar refractivity (Wildman–Crippen MR) is 66.6 cm³/mol. The molecule has 2 heterocycles. The first-order chi connectivity index (χ1) is 7.69. The van der Waals surface area contributed by atoms with E-state index >= 15 is 0 Å². The minimum Gasteiger partial charge on any atom is -0.374 e. The van der Waals surface area contributed by atoms with Crippen LogP contribution in [0, 0.1) is 0 Å². The Labute approximate surface area is 105 Å². The number of halogens is 1. The Morgan fingerprint density at radius 2 is 2.44 bits per heavy atom. The molecule has 2 unspecified atom stereocenters. The summed E-state index contributed by atoms with van der Waals surface area (Å²) in [4.78, 5) is 2.45. The summed E-state index contributed by atoms with van der Waals surface area (Å²) < 4.78 is 7.55. The Bertz CT molecular complexity index is 342. The van der Waals surface area contributed by atoms with E-state index in [0.29, 0.717) is 12.1 Å². The highest BCUT2D eigenvalue weighted by Crippen LogP contribution is 2.16. The fourth-order valence-electron chi connectivity index (χ4n) is 1.98. The molecule has 0 spiro atoms. The van der Waals surface area contributed by atoms with Crippen LogP contribution in [-0.4, -0.2) is 45.3 Å². The van der Waals surface area contributed by atoms with Gasteiger partial charge in [-0.05, 0) is 6.92 Å². The molecule has 4 nitrogen and oxygen atoms in total. The number of alkyl halides is 1. The van der Waals surface area contributed by atoms with Crippen LogP contribution < -0.4 is 0 Å². The first kappa shape index (κ1) is 12.1. The molecule has 1 aromatic rings. The molecule has 0 saturated carbocycles. The van der Waals surface area contributed by atoms with Crippen molar-refractivity contribution in [1.29, 1.82) is 0 Å². The highest BCUT2D eigenvalue weighted by Gasteiger charge is 2.25. The molecule has 1 fully saturated rings. The fourth-order valence-corrected chi connectivity index (χ4v) is 2.37. The van der Waals surface area contributed by atoms with E-state index in [0.717, 1.165) is 25.0 Å². The van der Waals surface area contributed by atoms with Gasteiger partial charge < -0.3 is 4.74 Å². The Morgan fingerprint density at radius 1 is 1.62 bits per heavy atom. The number of nitrogens with zero attached hydrogens (tertiary/aromatic N) is 3. The second-order valence-corrected chi connectivity index (χ2v) is 5.06. The Hall–Kier alpha value is -0.390. The summed E-state index contributed by atoms with van der Waals surface area (Å²) in [7, 11) is 1.95. The molecule has 0 bridgehead atoms. The van der Waals surface area contributed by atoms with Crippen molar-refractivity contribution in [3.63, 3.8) is 0 Å². The first-order valence-electron chi connectivity index (χ1n) is 5.58. The third kappa shape index (κ3) is 2.84. The van der Waals surface area contributed by atoms with Crippen LogP contribution in [0.5, 0.6) is 0 Å². The second kappa shape index (κ2) is 5.29. The Morgan fingerprint density at radius 3 is 3.06 bits per heavy atom. The molecule has 1 aromatic heterocycles. The summed E-state index contributed by atoms with van der Waals surface area (Å²) in [5.74, 6) is 0. The van der Waals surface area contributed by atoms with Crippen molar-refractivity contribution in [2.75, 3.05) is 18.5 Å². The molecule has 1 saturated heterocycles. The molecule has 1 aliphatic rings. The number of aromatic nitrogens is 2. The van der Waals surface area contributed by atoms with Gasteiger partial charge in [0.15, 0.2) is 0 Å². The quantitative estimate of drug-likeness (QED) is 0.788. The molecular weight excluding hydrogens is 270 g/mol. The molecule has 0 amide bonds. The molecular formula is C11H18BrN3O. The standard InChI is InChI=1S/C11H18BrN3O/c1-9-8-16-11(3-12)7-15(9)6-10-4-13-14(2)5-10/h4-5,9,11H,3,6-8H2,1-2H3. The molecule has 2 atom stereocenters. The van der Waals surface area contributed by atoms with Crippen molar-refractivity contribution in [3.8, 4) is 0 Å². The van der Waals surface area contributed by atoms with Gasteiger partial charge >= 0.3 is 0 Å². The van der Waals surface area contributed by atoms with Crippen LogP contribution in [-0.2, 0) is 18.3 Å². The SMILES string of the molecule is CC1COC(CBr)CN1Cc1cnn(C)c1. The van der Waals surface area contributed by atoms with Gasteiger partial charge in [0, 0.05) is 43.3 Å². The first-order valence-corrected chi connectivity index (χ1v) is 6.70. The molecule has 0 aromatic carbocycles. The van der Waals surface area contributed by atoms with Gasteiger partial charge in [0.25, 0.3) is 0 Å². The van der Waals surface area contributed by atoms with Crippen LogP contribution in [0.25, 0.3) is 0 Å². The second-order valence-electron chi connectivity index (χ2n) is 4.41. The number of morpholine rings is 1. The maximum absolute atomic E-state index is 5.70. The van der Waals surface area contributed by atoms with Crippen LogP contribution in [0.15, 0.2) is 12.4 Å². The van der Waals surface area contributed by atoms with E-state index in [9.17, 15) is 0 Å². The van der Waals surface area contributed by atoms with Crippen molar-refractivity contribution in [2.45, 2.75) is 25.6 Å². The monoisotopic (exact) mass is 287 g/mol. The zero-order valence-electron chi connectivity index (χ0n) is 9.77. The summed E-state index contributed by atoms with van der Waals surface area (Å²) in [6.07, 6.45) is 4.32. The third-order valence-electron chi connectivity index (χ3n) is 2.95. The number of ether oxygens (including phenoxy) is 1. The number of rotatable bonds is 3. The molecule has 5 heteroatoms. The van der Waals surface area contributed by atoms with Crippen LogP contribution in [0.4, 0.5) is 0 Å². The van der Waals surface area contributed by atoms with Crippen molar-refractivity contribution in [2.24, 2.45) is 7.05 Å². The van der Waals surface area contributed by atoms with E-state index in [1.807, 2.05) is 17.9 Å². The van der Waals surface area contributed by atoms with Gasteiger partial charge in [0.2, 0.25) is 0 Å². The molecule has 1 aliphatic heterocycles. The maximum Gasteiger partial charge on any atom is 0.0799 e. The molecule has 2 rings (SSSR count). The van der Waals surface area contributed by atoms with Gasteiger partial charge in [-0.3, -0.25) is 9.58 Å². The lowest BCUT2D eigenvalue weighted by Crippen LogP contribution is -2.48. The largest absolute Gasteiger partial charge is 0.374 e. The Kier molecular flexibility index (Phi) is 4.00. The van der Waals surface area contributed by atoms with Gasteiger partial charge in [0.05, 0.1) is 18.9 Å². The summed E-state index contributed by atoms with van der Waals surface area (Å²) in [5, 5.41) is 5.10. The topological polar surface area (TPSA) is 30.3 Å². The molecule has 0 aliphatic carbocycles. The van der Waals surface area contributed by atoms with Gasteiger partial charge in [-0.15, -0.1) is 0 Å².